The molecule has 1 rings (SSSR count). The smallest absolute Gasteiger partial charge is 0.235 e. The first-order valence-corrected chi connectivity index (χ1v) is 7.80. The largest absolute Gasteiger partial charge is 0.392 e. The van der Waals surface area contributed by atoms with Crippen molar-refractivity contribution in [2.45, 2.75) is 39.7 Å². The average Bonchev–Trinajstić information content (AvgIpc) is 2.92. The van der Waals surface area contributed by atoms with Crippen molar-refractivity contribution in [3.63, 3.8) is 0 Å². The molecule has 1 aromatic rings. The highest BCUT2D eigenvalue weighted by Crippen LogP contribution is 2.33. The third-order valence-corrected chi connectivity index (χ3v) is 5.38. The third kappa shape index (κ3) is 2.98. The monoisotopic (exact) mass is 298 g/mol. The Kier molecular flexibility index (Phi) is 5.50. The summed E-state index contributed by atoms with van der Waals surface area (Å²) in [5.41, 5.74) is 5.12. The number of nitrogens with two attached hydrogens (primary N) is 1. The van der Waals surface area contributed by atoms with E-state index in [2.05, 4.69) is 0 Å². The third-order valence-electron chi connectivity index (χ3n) is 3.94. The summed E-state index contributed by atoms with van der Waals surface area (Å²) in [5.74, 6) is 0.0194. The van der Waals surface area contributed by atoms with Gasteiger partial charge >= 0.3 is 0 Å². The lowest BCUT2D eigenvalue weighted by atomic mass is 9.80. The van der Waals surface area contributed by atoms with E-state index in [-0.39, 0.29) is 11.9 Å². The van der Waals surface area contributed by atoms with E-state index in [1.165, 1.54) is 4.88 Å². The SMILES string of the molecule is CCC(CC)(C(=O)N(C)C(C)c1cccs1)C(N)=S. The number of nitrogens with zero attached hydrogens (tertiary/aromatic N) is 1. The molecular weight excluding hydrogens is 276 g/mol. The molecule has 0 fully saturated rings. The first-order chi connectivity index (χ1) is 8.90. The molecule has 19 heavy (non-hydrogen) atoms. The van der Waals surface area contributed by atoms with E-state index in [9.17, 15) is 4.79 Å². The van der Waals surface area contributed by atoms with E-state index in [1.54, 1.807) is 16.2 Å². The summed E-state index contributed by atoms with van der Waals surface area (Å²) >= 11 is 6.80. The Morgan fingerprint density at radius 2 is 2.11 bits per heavy atom. The van der Waals surface area contributed by atoms with Crippen molar-refractivity contribution in [2.24, 2.45) is 11.1 Å². The van der Waals surface area contributed by atoms with Crippen LogP contribution in [-0.4, -0.2) is 22.8 Å². The van der Waals surface area contributed by atoms with Crippen molar-refractivity contribution in [1.29, 1.82) is 0 Å². The van der Waals surface area contributed by atoms with Gasteiger partial charge in [-0.15, -0.1) is 11.3 Å². The van der Waals surface area contributed by atoms with Gasteiger partial charge in [0.25, 0.3) is 0 Å². The van der Waals surface area contributed by atoms with Gasteiger partial charge in [-0.1, -0.05) is 32.1 Å². The molecule has 0 aromatic carbocycles. The Balaban J connectivity index is 3.00. The van der Waals surface area contributed by atoms with Crippen LogP contribution in [0.2, 0.25) is 0 Å². The molecule has 1 amide bonds. The fourth-order valence-electron chi connectivity index (χ4n) is 2.24. The summed E-state index contributed by atoms with van der Waals surface area (Å²) in [6.45, 7) is 5.95. The summed E-state index contributed by atoms with van der Waals surface area (Å²) in [6.07, 6.45) is 1.28. The number of thiophene rings is 1. The topological polar surface area (TPSA) is 46.3 Å². The zero-order valence-corrected chi connectivity index (χ0v) is 13.6. The second-order valence-electron chi connectivity index (χ2n) is 4.76. The van der Waals surface area contributed by atoms with Crippen LogP contribution in [0, 0.1) is 5.41 Å². The van der Waals surface area contributed by atoms with Crippen molar-refractivity contribution in [3.8, 4) is 0 Å². The highest BCUT2D eigenvalue weighted by atomic mass is 32.1. The van der Waals surface area contributed by atoms with E-state index in [4.69, 9.17) is 18.0 Å². The molecule has 1 aromatic heterocycles. The van der Waals surface area contributed by atoms with Crippen LogP contribution in [0.1, 0.15) is 44.5 Å². The van der Waals surface area contributed by atoms with Crippen LogP contribution in [0.15, 0.2) is 17.5 Å². The summed E-state index contributed by atoms with van der Waals surface area (Å²) in [5, 5.41) is 2.02. The molecule has 0 saturated heterocycles. The van der Waals surface area contributed by atoms with Gasteiger partial charge in [0.2, 0.25) is 5.91 Å². The Morgan fingerprint density at radius 3 is 2.47 bits per heavy atom. The van der Waals surface area contributed by atoms with Crippen LogP contribution in [0.25, 0.3) is 0 Å². The molecule has 106 valence electrons. The number of carbonyl (C=O) groups is 1. The zero-order chi connectivity index (χ0) is 14.6. The van der Waals surface area contributed by atoms with E-state index in [0.29, 0.717) is 17.8 Å². The normalized spacial score (nSPS) is 13.1. The first-order valence-electron chi connectivity index (χ1n) is 6.51. The van der Waals surface area contributed by atoms with Gasteiger partial charge in [-0.3, -0.25) is 4.79 Å². The van der Waals surface area contributed by atoms with Crippen LogP contribution >= 0.6 is 23.6 Å². The second-order valence-corrected chi connectivity index (χ2v) is 6.18. The van der Waals surface area contributed by atoms with Crippen LogP contribution in [0.5, 0.6) is 0 Å². The van der Waals surface area contributed by atoms with E-state index in [0.717, 1.165) is 0 Å². The molecule has 0 saturated carbocycles. The molecule has 0 radical (unpaired) electrons. The van der Waals surface area contributed by atoms with Crippen molar-refractivity contribution >= 4 is 34.5 Å². The van der Waals surface area contributed by atoms with Crippen molar-refractivity contribution in [1.82, 2.24) is 4.90 Å². The summed E-state index contributed by atoms with van der Waals surface area (Å²) in [4.78, 5) is 16.0. The molecule has 0 aliphatic heterocycles. The maximum absolute atomic E-state index is 12.8. The number of hydrogen-bond acceptors (Lipinski definition) is 3. The highest BCUT2D eigenvalue weighted by Gasteiger charge is 2.41. The number of thiocarbonyl (C=S) groups is 1. The predicted octanol–water partition coefficient (Wildman–Crippen LogP) is 3.36. The quantitative estimate of drug-likeness (QED) is 0.819. The molecule has 0 bridgehead atoms. The van der Waals surface area contributed by atoms with Gasteiger partial charge in [-0.2, -0.15) is 0 Å². The molecule has 0 aliphatic rings. The molecule has 5 heteroatoms. The summed E-state index contributed by atoms with van der Waals surface area (Å²) in [6, 6.07) is 4.08. The Bertz CT molecular complexity index is 438. The molecule has 0 spiro atoms. The Morgan fingerprint density at radius 1 is 1.53 bits per heavy atom. The number of amides is 1. The molecule has 2 N–H and O–H groups in total. The lowest BCUT2D eigenvalue weighted by molar-refractivity contribution is -0.139. The molecule has 1 atom stereocenters. The Hall–Kier alpha value is -0.940. The predicted molar refractivity (Wildman–Crippen MR) is 85.3 cm³/mol. The minimum absolute atomic E-state index is 0.0194. The molecule has 1 unspecified atom stereocenters. The van der Waals surface area contributed by atoms with E-state index < -0.39 is 5.41 Å². The number of carbonyl (C=O) groups excluding carboxylic acids is 1. The molecular formula is C14H22N2OS2. The number of hydrogen-bond donors (Lipinski definition) is 1. The van der Waals surface area contributed by atoms with E-state index >= 15 is 0 Å². The summed E-state index contributed by atoms with van der Waals surface area (Å²) in [7, 11) is 1.82. The van der Waals surface area contributed by atoms with Crippen molar-refractivity contribution in [3.05, 3.63) is 22.4 Å². The van der Waals surface area contributed by atoms with Gasteiger partial charge in [0.1, 0.15) is 0 Å². The molecule has 3 nitrogen and oxygen atoms in total. The minimum atomic E-state index is -0.713. The Labute approximate surface area is 124 Å². The highest BCUT2D eigenvalue weighted by molar-refractivity contribution is 7.80. The fourth-order valence-corrected chi connectivity index (χ4v) is 3.44. The van der Waals surface area contributed by atoms with Gasteiger partial charge in [0.05, 0.1) is 16.4 Å². The van der Waals surface area contributed by atoms with Gasteiger partial charge < -0.3 is 10.6 Å². The average molecular weight is 298 g/mol. The van der Waals surface area contributed by atoms with E-state index in [1.807, 2.05) is 45.3 Å². The maximum Gasteiger partial charge on any atom is 0.235 e. The molecule has 1 heterocycles. The van der Waals surface area contributed by atoms with Crippen LogP contribution in [0.3, 0.4) is 0 Å². The second kappa shape index (κ2) is 6.48. The lowest BCUT2D eigenvalue weighted by Crippen LogP contribution is -2.49. The van der Waals surface area contributed by atoms with Crippen molar-refractivity contribution in [2.75, 3.05) is 7.05 Å². The van der Waals surface area contributed by atoms with Crippen molar-refractivity contribution < 1.29 is 4.79 Å². The standard InChI is InChI=1S/C14H22N2OS2/c1-5-14(6-2,12(15)18)13(17)16(4)10(3)11-8-7-9-19-11/h7-10H,5-6H2,1-4H3,(H2,15,18). The maximum atomic E-state index is 12.8. The minimum Gasteiger partial charge on any atom is -0.392 e. The summed E-state index contributed by atoms with van der Waals surface area (Å²) < 4.78 is 0. The fraction of sp³-hybridized carbons (Fsp3) is 0.571. The van der Waals surface area contributed by atoms with Gasteiger partial charge in [0.15, 0.2) is 0 Å². The lowest BCUT2D eigenvalue weighted by Gasteiger charge is -2.36. The van der Waals surface area contributed by atoms with Crippen LogP contribution in [0.4, 0.5) is 0 Å². The first kappa shape index (κ1) is 16.1. The van der Waals surface area contributed by atoms with Crippen LogP contribution < -0.4 is 5.73 Å². The van der Waals surface area contributed by atoms with Crippen LogP contribution in [-0.2, 0) is 4.79 Å². The zero-order valence-electron chi connectivity index (χ0n) is 12.0. The van der Waals surface area contributed by atoms with Gasteiger partial charge in [-0.05, 0) is 31.2 Å². The number of rotatable bonds is 6. The van der Waals surface area contributed by atoms with Gasteiger partial charge in [-0.25, -0.2) is 0 Å². The van der Waals surface area contributed by atoms with Gasteiger partial charge in [0, 0.05) is 11.9 Å². The molecule has 0 aliphatic carbocycles.